The number of methoxy groups -OCH3 is 1. The average Bonchev–Trinajstić information content (AvgIpc) is 2.83. The molecule has 2 heterocycles. The average molecular weight is 265 g/mol. The molecule has 0 bridgehead atoms. The molecule has 0 fully saturated rings. The van der Waals surface area contributed by atoms with Crippen molar-refractivity contribution in [2.24, 2.45) is 0 Å². The number of ether oxygens (including phenoxy) is 1. The molecule has 0 radical (unpaired) electrons. The van der Waals surface area contributed by atoms with Crippen molar-refractivity contribution in [3.63, 3.8) is 0 Å². The lowest BCUT2D eigenvalue weighted by Gasteiger charge is -2.06. The van der Waals surface area contributed by atoms with Gasteiger partial charge in [0.1, 0.15) is 5.75 Å². The van der Waals surface area contributed by atoms with Crippen molar-refractivity contribution in [3.05, 3.63) is 48.5 Å². The van der Waals surface area contributed by atoms with E-state index in [0.717, 1.165) is 26.9 Å². The molecule has 0 aliphatic heterocycles. The van der Waals surface area contributed by atoms with Crippen molar-refractivity contribution in [2.75, 3.05) is 7.11 Å². The standard InChI is InChI=1S/C16H11NOS/c1-18-15-10-6-2-4-8-12(10)17-14-11-7-3-5-9-13(11)19-16(14)15/h2-9H,1H3. The summed E-state index contributed by atoms with van der Waals surface area (Å²) in [4.78, 5) is 4.80. The Bertz CT molecular complexity index is 910. The predicted molar refractivity (Wildman–Crippen MR) is 81.2 cm³/mol. The van der Waals surface area contributed by atoms with Gasteiger partial charge in [-0.2, -0.15) is 0 Å². The Balaban J connectivity index is 2.31. The number of benzene rings is 2. The fraction of sp³-hybridized carbons (Fsp3) is 0.0625. The van der Waals surface area contributed by atoms with Gasteiger partial charge in [0, 0.05) is 15.5 Å². The summed E-state index contributed by atoms with van der Waals surface area (Å²) in [7, 11) is 1.73. The Hall–Kier alpha value is -2.13. The van der Waals surface area contributed by atoms with Gasteiger partial charge in [0.2, 0.25) is 0 Å². The van der Waals surface area contributed by atoms with E-state index in [2.05, 4.69) is 30.3 Å². The second kappa shape index (κ2) is 3.93. The highest BCUT2D eigenvalue weighted by atomic mass is 32.1. The Morgan fingerprint density at radius 3 is 2.53 bits per heavy atom. The van der Waals surface area contributed by atoms with E-state index in [4.69, 9.17) is 9.72 Å². The molecule has 0 aliphatic rings. The third-order valence-corrected chi connectivity index (χ3v) is 4.52. The number of para-hydroxylation sites is 1. The van der Waals surface area contributed by atoms with E-state index < -0.39 is 0 Å². The smallest absolute Gasteiger partial charge is 0.147 e. The predicted octanol–water partition coefficient (Wildman–Crippen LogP) is 4.61. The molecule has 0 spiro atoms. The van der Waals surface area contributed by atoms with Crippen molar-refractivity contribution in [3.8, 4) is 5.75 Å². The Labute approximate surface area is 114 Å². The van der Waals surface area contributed by atoms with Crippen LogP contribution in [-0.2, 0) is 0 Å². The van der Waals surface area contributed by atoms with Crippen LogP contribution in [0.2, 0.25) is 0 Å². The number of rotatable bonds is 1. The van der Waals surface area contributed by atoms with Crippen LogP contribution in [-0.4, -0.2) is 12.1 Å². The van der Waals surface area contributed by atoms with E-state index in [0.29, 0.717) is 0 Å². The Kier molecular flexibility index (Phi) is 2.23. The maximum absolute atomic E-state index is 5.64. The first-order chi connectivity index (χ1) is 9.38. The van der Waals surface area contributed by atoms with Crippen molar-refractivity contribution in [1.29, 1.82) is 0 Å². The molecule has 0 N–H and O–H groups in total. The third-order valence-electron chi connectivity index (χ3n) is 3.36. The molecule has 2 aromatic carbocycles. The number of fused-ring (bicyclic) bond motifs is 4. The van der Waals surface area contributed by atoms with Crippen LogP contribution >= 0.6 is 11.3 Å². The lowest BCUT2D eigenvalue weighted by molar-refractivity contribution is 0.425. The maximum Gasteiger partial charge on any atom is 0.147 e. The van der Waals surface area contributed by atoms with Gasteiger partial charge in [0.05, 0.1) is 22.8 Å². The van der Waals surface area contributed by atoms with Gasteiger partial charge in [-0.1, -0.05) is 30.3 Å². The van der Waals surface area contributed by atoms with Crippen LogP contribution in [0.4, 0.5) is 0 Å². The molecule has 19 heavy (non-hydrogen) atoms. The molecule has 4 rings (SSSR count). The molecule has 92 valence electrons. The lowest BCUT2D eigenvalue weighted by atomic mass is 10.1. The van der Waals surface area contributed by atoms with Crippen molar-refractivity contribution in [2.45, 2.75) is 0 Å². The highest BCUT2D eigenvalue weighted by Gasteiger charge is 2.14. The molecule has 2 nitrogen and oxygen atoms in total. The van der Waals surface area contributed by atoms with Gasteiger partial charge in [0.15, 0.2) is 0 Å². The molecular formula is C16H11NOS. The SMILES string of the molecule is COc1c2ccccc2nc2c1sc1ccccc12. The molecule has 4 aromatic rings. The Morgan fingerprint density at radius 2 is 1.68 bits per heavy atom. The summed E-state index contributed by atoms with van der Waals surface area (Å²) in [5, 5.41) is 2.27. The fourth-order valence-electron chi connectivity index (χ4n) is 2.51. The van der Waals surface area contributed by atoms with Crippen molar-refractivity contribution in [1.82, 2.24) is 4.98 Å². The summed E-state index contributed by atoms with van der Waals surface area (Å²) < 4.78 is 8.02. The number of nitrogens with zero attached hydrogens (tertiary/aromatic N) is 1. The molecule has 0 saturated carbocycles. The van der Waals surface area contributed by atoms with E-state index in [9.17, 15) is 0 Å². The second-order valence-electron chi connectivity index (χ2n) is 4.44. The van der Waals surface area contributed by atoms with Crippen LogP contribution in [0.5, 0.6) is 5.75 Å². The van der Waals surface area contributed by atoms with Crippen LogP contribution in [0.15, 0.2) is 48.5 Å². The summed E-state index contributed by atoms with van der Waals surface area (Å²) in [5.41, 5.74) is 2.02. The molecule has 0 saturated heterocycles. The topological polar surface area (TPSA) is 22.1 Å². The highest BCUT2D eigenvalue weighted by molar-refractivity contribution is 7.26. The molecule has 0 unspecified atom stereocenters. The van der Waals surface area contributed by atoms with E-state index in [-0.39, 0.29) is 0 Å². The highest BCUT2D eigenvalue weighted by Crippen LogP contribution is 2.41. The van der Waals surface area contributed by atoms with Crippen LogP contribution in [0.25, 0.3) is 31.2 Å². The largest absolute Gasteiger partial charge is 0.494 e. The zero-order valence-corrected chi connectivity index (χ0v) is 11.2. The molecule has 3 heteroatoms. The first-order valence-electron chi connectivity index (χ1n) is 6.12. The lowest BCUT2D eigenvalue weighted by Crippen LogP contribution is -1.88. The van der Waals surface area contributed by atoms with Gasteiger partial charge < -0.3 is 4.74 Å². The zero-order chi connectivity index (χ0) is 12.8. The van der Waals surface area contributed by atoms with Gasteiger partial charge in [-0.15, -0.1) is 11.3 Å². The number of hydrogen-bond donors (Lipinski definition) is 0. The normalized spacial score (nSPS) is 11.4. The number of aromatic nitrogens is 1. The van der Waals surface area contributed by atoms with Gasteiger partial charge in [-0.25, -0.2) is 4.98 Å². The second-order valence-corrected chi connectivity index (χ2v) is 5.49. The summed E-state index contributed by atoms with van der Waals surface area (Å²) in [6, 6.07) is 16.5. The van der Waals surface area contributed by atoms with E-state index in [1.807, 2.05) is 18.2 Å². The first kappa shape index (κ1) is 10.8. The summed E-state index contributed by atoms with van der Waals surface area (Å²) >= 11 is 1.74. The van der Waals surface area contributed by atoms with Crippen LogP contribution in [0, 0.1) is 0 Å². The molecule has 0 amide bonds. The van der Waals surface area contributed by atoms with Gasteiger partial charge in [0.25, 0.3) is 0 Å². The number of pyridine rings is 1. The number of thiophene rings is 1. The van der Waals surface area contributed by atoms with Crippen LogP contribution < -0.4 is 4.74 Å². The Morgan fingerprint density at radius 1 is 0.947 bits per heavy atom. The molecule has 0 aliphatic carbocycles. The minimum Gasteiger partial charge on any atom is -0.494 e. The summed E-state index contributed by atoms with van der Waals surface area (Å²) in [6.45, 7) is 0. The zero-order valence-electron chi connectivity index (χ0n) is 10.4. The summed E-state index contributed by atoms with van der Waals surface area (Å²) in [6.07, 6.45) is 0. The van der Waals surface area contributed by atoms with Crippen molar-refractivity contribution >= 4 is 42.5 Å². The molecule has 0 atom stereocenters. The fourth-order valence-corrected chi connectivity index (χ4v) is 3.68. The van der Waals surface area contributed by atoms with E-state index in [1.54, 1.807) is 18.4 Å². The van der Waals surface area contributed by atoms with Gasteiger partial charge in [-0.3, -0.25) is 0 Å². The molecular weight excluding hydrogens is 254 g/mol. The number of hydrogen-bond acceptors (Lipinski definition) is 3. The monoisotopic (exact) mass is 265 g/mol. The van der Waals surface area contributed by atoms with Crippen LogP contribution in [0.1, 0.15) is 0 Å². The third kappa shape index (κ3) is 1.45. The van der Waals surface area contributed by atoms with Crippen LogP contribution in [0.3, 0.4) is 0 Å². The minimum absolute atomic E-state index is 0.932. The van der Waals surface area contributed by atoms with Gasteiger partial charge in [-0.05, 0) is 18.2 Å². The van der Waals surface area contributed by atoms with Gasteiger partial charge >= 0.3 is 0 Å². The van der Waals surface area contributed by atoms with E-state index >= 15 is 0 Å². The first-order valence-corrected chi connectivity index (χ1v) is 6.94. The minimum atomic E-state index is 0.932. The summed E-state index contributed by atoms with van der Waals surface area (Å²) in [5.74, 6) is 0.932. The van der Waals surface area contributed by atoms with Crippen molar-refractivity contribution < 1.29 is 4.74 Å². The quantitative estimate of drug-likeness (QED) is 0.501. The molecule has 2 aromatic heterocycles. The maximum atomic E-state index is 5.64. The van der Waals surface area contributed by atoms with E-state index in [1.165, 1.54) is 10.1 Å².